The number of nitrogens with one attached hydrogen (secondary N) is 1. The second kappa shape index (κ2) is 8.46. The second-order valence-corrected chi connectivity index (χ2v) is 6.61. The van der Waals surface area contributed by atoms with Crippen molar-refractivity contribution < 1.29 is 9.90 Å². The highest BCUT2D eigenvalue weighted by atomic mass is 32.1. The average molecular weight is 354 g/mol. The lowest BCUT2D eigenvalue weighted by atomic mass is 10.1. The Morgan fingerprint density at radius 1 is 1.20 bits per heavy atom. The summed E-state index contributed by atoms with van der Waals surface area (Å²) >= 11 is 1.65. The Bertz CT molecular complexity index is 792. The van der Waals surface area contributed by atoms with Crippen LogP contribution in [-0.4, -0.2) is 39.1 Å². The van der Waals surface area contributed by atoms with Crippen molar-refractivity contribution in [3.63, 3.8) is 0 Å². The minimum atomic E-state index is -0.248. The van der Waals surface area contributed by atoms with E-state index in [9.17, 15) is 9.90 Å². The second-order valence-electron chi connectivity index (χ2n) is 5.58. The van der Waals surface area contributed by atoms with Crippen molar-refractivity contribution in [3.05, 3.63) is 64.9 Å². The van der Waals surface area contributed by atoms with E-state index in [0.717, 1.165) is 12.0 Å². The summed E-state index contributed by atoms with van der Waals surface area (Å²) in [5.74, 6) is 0.260. The summed E-state index contributed by atoms with van der Waals surface area (Å²) in [7, 11) is 0. The van der Waals surface area contributed by atoms with Gasteiger partial charge in [-0.1, -0.05) is 6.07 Å². The fourth-order valence-corrected chi connectivity index (χ4v) is 3.16. The van der Waals surface area contributed by atoms with Gasteiger partial charge in [0, 0.05) is 54.3 Å². The zero-order valence-corrected chi connectivity index (χ0v) is 14.3. The predicted octanol–water partition coefficient (Wildman–Crippen LogP) is 2.18. The van der Waals surface area contributed by atoms with E-state index < -0.39 is 0 Å². The number of nitrogens with zero attached hydrogens (tertiary/aromatic N) is 3. The van der Waals surface area contributed by atoms with E-state index in [1.54, 1.807) is 23.7 Å². The number of thiophene rings is 1. The molecule has 3 aromatic heterocycles. The Morgan fingerprint density at radius 3 is 2.68 bits per heavy atom. The first kappa shape index (κ1) is 17.2. The van der Waals surface area contributed by atoms with E-state index in [-0.39, 0.29) is 18.4 Å². The van der Waals surface area contributed by atoms with Gasteiger partial charge in [0.05, 0.1) is 5.56 Å². The van der Waals surface area contributed by atoms with Gasteiger partial charge in [0.2, 0.25) is 0 Å². The smallest absolute Gasteiger partial charge is 0.254 e. The molecular formula is C18H18N4O2S. The van der Waals surface area contributed by atoms with Crippen LogP contribution in [-0.2, 0) is 6.42 Å². The largest absolute Gasteiger partial charge is 0.396 e. The van der Waals surface area contributed by atoms with Gasteiger partial charge in [0.15, 0.2) is 5.82 Å². The molecule has 128 valence electrons. The standard InChI is InChI=1S/C18H18N4O2S/c23-12-13(7-16-4-2-6-25-16)8-22-18(24)15-10-20-17(21-11-15)14-3-1-5-19-9-14/h1-6,9-11,13,23H,7-8,12H2,(H,22,24). The first-order chi connectivity index (χ1) is 12.3. The minimum Gasteiger partial charge on any atom is -0.396 e. The first-order valence-corrected chi connectivity index (χ1v) is 8.78. The maximum Gasteiger partial charge on any atom is 0.254 e. The number of hydrogen-bond donors (Lipinski definition) is 2. The number of pyridine rings is 1. The topological polar surface area (TPSA) is 88.0 Å². The van der Waals surface area contributed by atoms with Gasteiger partial charge in [0.1, 0.15) is 0 Å². The molecule has 2 N–H and O–H groups in total. The molecule has 7 heteroatoms. The van der Waals surface area contributed by atoms with Crippen LogP contribution in [0.2, 0.25) is 0 Å². The maximum atomic E-state index is 12.2. The third-order valence-electron chi connectivity index (χ3n) is 3.71. The summed E-state index contributed by atoms with van der Waals surface area (Å²) < 4.78 is 0. The Morgan fingerprint density at radius 2 is 2.04 bits per heavy atom. The van der Waals surface area contributed by atoms with Crippen LogP contribution in [0.1, 0.15) is 15.2 Å². The molecule has 25 heavy (non-hydrogen) atoms. The van der Waals surface area contributed by atoms with Crippen molar-refractivity contribution in [1.82, 2.24) is 20.3 Å². The van der Waals surface area contributed by atoms with E-state index in [0.29, 0.717) is 17.9 Å². The number of rotatable bonds is 7. The monoisotopic (exact) mass is 354 g/mol. The van der Waals surface area contributed by atoms with Crippen LogP contribution < -0.4 is 5.32 Å². The van der Waals surface area contributed by atoms with Gasteiger partial charge < -0.3 is 10.4 Å². The van der Waals surface area contributed by atoms with Crippen LogP contribution in [0, 0.1) is 5.92 Å². The molecule has 0 aliphatic heterocycles. The van der Waals surface area contributed by atoms with Crippen LogP contribution in [0.15, 0.2) is 54.4 Å². The molecule has 1 unspecified atom stereocenters. The number of carbonyl (C=O) groups excluding carboxylic acids is 1. The number of hydrogen-bond acceptors (Lipinski definition) is 6. The molecule has 0 saturated heterocycles. The zero-order valence-electron chi connectivity index (χ0n) is 13.5. The average Bonchev–Trinajstić information content (AvgIpc) is 3.19. The Balaban J connectivity index is 1.57. The number of aliphatic hydroxyl groups is 1. The molecule has 3 aromatic rings. The Hall–Kier alpha value is -2.64. The summed E-state index contributed by atoms with van der Waals surface area (Å²) in [5.41, 5.74) is 1.19. The Labute approximate surface area is 149 Å². The van der Waals surface area contributed by atoms with Crippen molar-refractivity contribution in [2.24, 2.45) is 5.92 Å². The lowest BCUT2D eigenvalue weighted by Crippen LogP contribution is -2.31. The molecule has 0 aliphatic rings. The summed E-state index contributed by atoms with van der Waals surface area (Å²) in [6.07, 6.45) is 7.09. The number of aromatic nitrogens is 3. The number of carbonyl (C=O) groups is 1. The van der Waals surface area contributed by atoms with Crippen molar-refractivity contribution in [3.8, 4) is 11.4 Å². The summed E-state index contributed by atoms with van der Waals surface area (Å²) in [6.45, 7) is 0.423. The lowest BCUT2D eigenvalue weighted by Gasteiger charge is -2.14. The van der Waals surface area contributed by atoms with E-state index in [1.165, 1.54) is 17.3 Å². The van der Waals surface area contributed by atoms with Gasteiger partial charge >= 0.3 is 0 Å². The minimum absolute atomic E-state index is 0.0156. The van der Waals surface area contributed by atoms with Crippen LogP contribution in [0.5, 0.6) is 0 Å². The molecule has 1 amide bonds. The highest BCUT2D eigenvalue weighted by molar-refractivity contribution is 7.09. The third kappa shape index (κ3) is 4.68. The molecule has 3 heterocycles. The summed E-state index contributed by atoms with van der Waals surface area (Å²) in [6, 6.07) is 7.68. The highest BCUT2D eigenvalue weighted by Gasteiger charge is 2.13. The number of amides is 1. The van der Waals surface area contributed by atoms with Crippen molar-refractivity contribution in [2.75, 3.05) is 13.2 Å². The van der Waals surface area contributed by atoms with Crippen LogP contribution >= 0.6 is 11.3 Å². The molecular weight excluding hydrogens is 336 g/mol. The molecule has 6 nitrogen and oxygen atoms in total. The molecule has 0 radical (unpaired) electrons. The SMILES string of the molecule is O=C(NCC(CO)Cc1cccs1)c1cnc(-c2cccnc2)nc1. The Kier molecular flexibility index (Phi) is 5.81. The maximum absolute atomic E-state index is 12.2. The normalized spacial score (nSPS) is 11.9. The van der Waals surface area contributed by atoms with Gasteiger partial charge in [-0.3, -0.25) is 9.78 Å². The predicted molar refractivity (Wildman–Crippen MR) is 96.2 cm³/mol. The summed E-state index contributed by atoms with van der Waals surface area (Å²) in [5, 5.41) is 14.3. The fraction of sp³-hybridized carbons (Fsp3) is 0.222. The van der Waals surface area contributed by atoms with Gasteiger partial charge in [0.25, 0.3) is 5.91 Å². The van der Waals surface area contributed by atoms with E-state index >= 15 is 0 Å². The van der Waals surface area contributed by atoms with E-state index in [2.05, 4.69) is 20.3 Å². The van der Waals surface area contributed by atoms with Crippen molar-refractivity contribution >= 4 is 17.2 Å². The van der Waals surface area contributed by atoms with Gasteiger partial charge in [-0.05, 0) is 30.0 Å². The molecule has 0 aromatic carbocycles. The van der Waals surface area contributed by atoms with E-state index in [1.807, 2.05) is 29.6 Å². The quantitative estimate of drug-likeness (QED) is 0.679. The van der Waals surface area contributed by atoms with Crippen LogP contribution in [0.3, 0.4) is 0 Å². The van der Waals surface area contributed by atoms with Gasteiger partial charge in [-0.25, -0.2) is 9.97 Å². The first-order valence-electron chi connectivity index (χ1n) is 7.90. The summed E-state index contributed by atoms with van der Waals surface area (Å²) in [4.78, 5) is 25.9. The third-order valence-corrected chi connectivity index (χ3v) is 4.61. The highest BCUT2D eigenvalue weighted by Crippen LogP contribution is 2.14. The molecule has 0 saturated carbocycles. The molecule has 1 atom stereocenters. The molecule has 3 rings (SSSR count). The zero-order chi connectivity index (χ0) is 17.5. The molecule has 0 aliphatic carbocycles. The fourth-order valence-electron chi connectivity index (χ4n) is 2.34. The molecule has 0 fully saturated rings. The van der Waals surface area contributed by atoms with Crippen molar-refractivity contribution in [1.29, 1.82) is 0 Å². The number of aliphatic hydroxyl groups excluding tert-OH is 1. The van der Waals surface area contributed by atoms with Gasteiger partial charge in [-0.15, -0.1) is 11.3 Å². The van der Waals surface area contributed by atoms with Gasteiger partial charge in [-0.2, -0.15) is 0 Å². The molecule has 0 bridgehead atoms. The van der Waals surface area contributed by atoms with Crippen LogP contribution in [0.4, 0.5) is 0 Å². The molecule has 0 spiro atoms. The van der Waals surface area contributed by atoms with E-state index in [4.69, 9.17) is 0 Å². The van der Waals surface area contributed by atoms with Crippen molar-refractivity contribution in [2.45, 2.75) is 6.42 Å². The van der Waals surface area contributed by atoms with Crippen LogP contribution in [0.25, 0.3) is 11.4 Å². The lowest BCUT2D eigenvalue weighted by molar-refractivity contribution is 0.0939.